The molecular weight excluding hydrogens is 454 g/mol. The molecule has 0 bridgehead atoms. The van der Waals surface area contributed by atoms with Crippen molar-refractivity contribution in [2.24, 2.45) is 5.73 Å². The summed E-state index contributed by atoms with van der Waals surface area (Å²) in [6, 6.07) is 23.2. The average molecular weight is 490 g/mol. The lowest BCUT2D eigenvalue weighted by molar-refractivity contribution is -0.135. The number of hydrogen-bond acceptors (Lipinski definition) is 5. The van der Waals surface area contributed by atoms with Crippen molar-refractivity contribution < 1.29 is 19.1 Å². The lowest BCUT2D eigenvalue weighted by Crippen LogP contribution is -2.39. The van der Waals surface area contributed by atoms with Crippen LogP contribution in [0.5, 0.6) is 11.5 Å². The minimum atomic E-state index is -0.540. The van der Waals surface area contributed by atoms with Crippen molar-refractivity contribution in [3.05, 3.63) is 95.1 Å². The predicted octanol–water partition coefficient (Wildman–Crippen LogP) is 3.93. The Morgan fingerprint density at radius 3 is 2.28 bits per heavy atom. The highest BCUT2D eigenvalue weighted by molar-refractivity contribution is 5.83. The topological polar surface area (TPSA) is 93.9 Å². The number of hydrogen-bond donors (Lipinski definition) is 2. The second-order valence-corrected chi connectivity index (χ2v) is 8.78. The van der Waals surface area contributed by atoms with Gasteiger partial charge in [0.1, 0.15) is 18.1 Å². The van der Waals surface area contributed by atoms with Crippen molar-refractivity contribution in [2.45, 2.75) is 32.9 Å². The van der Waals surface area contributed by atoms with Gasteiger partial charge in [-0.3, -0.25) is 9.59 Å². The fourth-order valence-electron chi connectivity index (χ4n) is 3.95. The van der Waals surface area contributed by atoms with Crippen LogP contribution in [-0.2, 0) is 16.1 Å². The summed E-state index contributed by atoms with van der Waals surface area (Å²) in [5.74, 6) is 0.855. The van der Waals surface area contributed by atoms with Gasteiger partial charge in [0, 0.05) is 25.1 Å². The van der Waals surface area contributed by atoms with E-state index in [1.807, 2.05) is 86.6 Å². The summed E-state index contributed by atoms with van der Waals surface area (Å²) in [7, 11) is 1.63. The minimum Gasteiger partial charge on any atom is -0.496 e. The van der Waals surface area contributed by atoms with Gasteiger partial charge in [-0.15, -0.1) is 0 Å². The summed E-state index contributed by atoms with van der Waals surface area (Å²) in [6.45, 7) is 4.95. The quantitative estimate of drug-likeness (QED) is 0.380. The van der Waals surface area contributed by atoms with E-state index in [0.29, 0.717) is 19.7 Å². The van der Waals surface area contributed by atoms with Crippen LogP contribution in [0.2, 0.25) is 0 Å². The Bertz CT molecular complexity index is 1150. The molecule has 190 valence electrons. The van der Waals surface area contributed by atoms with Crippen molar-refractivity contribution in [3.8, 4) is 11.5 Å². The van der Waals surface area contributed by atoms with Gasteiger partial charge >= 0.3 is 0 Å². The number of nitrogens with zero attached hydrogens (tertiary/aromatic N) is 1. The number of nitrogens with one attached hydrogen (secondary N) is 1. The van der Waals surface area contributed by atoms with Gasteiger partial charge in [0.05, 0.1) is 19.7 Å². The van der Waals surface area contributed by atoms with Crippen LogP contribution in [0, 0.1) is 13.8 Å². The van der Waals surface area contributed by atoms with Crippen molar-refractivity contribution in [3.63, 3.8) is 0 Å². The third-order valence-electron chi connectivity index (χ3n) is 5.94. The summed E-state index contributed by atoms with van der Waals surface area (Å²) >= 11 is 0. The first-order valence-corrected chi connectivity index (χ1v) is 12.0. The molecule has 3 aromatic rings. The van der Waals surface area contributed by atoms with Crippen molar-refractivity contribution in [1.29, 1.82) is 0 Å². The van der Waals surface area contributed by atoms with Crippen LogP contribution in [0.3, 0.4) is 0 Å². The lowest BCUT2D eigenvalue weighted by Gasteiger charge is -2.24. The first kappa shape index (κ1) is 26.8. The zero-order chi connectivity index (χ0) is 25.9. The molecule has 3 aromatic carbocycles. The molecule has 3 N–H and O–H groups in total. The highest BCUT2D eigenvalue weighted by Gasteiger charge is 2.20. The van der Waals surface area contributed by atoms with Crippen LogP contribution >= 0.6 is 0 Å². The Morgan fingerprint density at radius 2 is 1.61 bits per heavy atom. The Balaban J connectivity index is 1.68. The van der Waals surface area contributed by atoms with Gasteiger partial charge < -0.3 is 25.4 Å². The van der Waals surface area contributed by atoms with Gasteiger partial charge in [-0.2, -0.15) is 0 Å². The third kappa shape index (κ3) is 7.85. The first-order valence-electron chi connectivity index (χ1n) is 12.0. The zero-order valence-corrected chi connectivity index (χ0v) is 21.2. The molecule has 1 unspecified atom stereocenters. The molecule has 0 radical (unpaired) electrons. The normalized spacial score (nSPS) is 11.5. The molecule has 1 atom stereocenters. The fraction of sp³-hybridized carbons (Fsp3) is 0.310. The maximum Gasteiger partial charge on any atom is 0.237 e. The van der Waals surface area contributed by atoms with Crippen LogP contribution < -0.4 is 20.5 Å². The number of benzene rings is 3. The molecule has 0 fully saturated rings. The Labute approximate surface area is 213 Å². The zero-order valence-electron chi connectivity index (χ0n) is 21.2. The highest BCUT2D eigenvalue weighted by atomic mass is 16.5. The van der Waals surface area contributed by atoms with Crippen LogP contribution in [0.15, 0.2) is 72.8 Å². The molecule has 7 nitrogen and oxygen atoms in total. The van der Waals surface area contributed by atoms with Crippen LogP contribution in [0.25, 0.3) is 0 Å². The Hall–Kier alpha value is -3.84. The number of methoxy groups -OCH3 is 1. The summed E-state index contributed by atoms with van der Waals surface area (Å²) < 4.78 is 11.7. The second-order valence-electron chi connectivity index (χ2n) is 8.78. The van der Waals surface area contributed by atoms with E-state index in [-0.39, 0.29) is 24.9 Å². The molecular formula is C29H35N3O4. The lowest BCUT2D eigenvalue weighted by atomic mass is 10.1. The number of nitrogens with two attached hydrogens (primary N) is 1. The van der Waals surface area contributed by atoms with Crippen LogP contribution in [0.1, 0.15) is 34.7 Å². The predicted molar refractivity (Wildman–Crippen MR) is 141 cm³/mol. The molecule has 3 rings (SSSR count). The summed E-state index contributed by atoms with van der Waals surface area (Å²) in [4.78, 5) is 26.2. The van der Waals surface area contributed by atoms with Crippen molar-refractivity contribution in [2.75, 3.05) is 26.8 Å². The van der Waals surface area contributed by atoms with Crippen molar-refractivity contribution >= 4 is 11.8 Å². The monoisotopic (exact) mass is 489 g/mol. The van der Waals surface area contributed by atoms with E-state index in [1.165, 1.54) is 4.90 Å². The summed E-state index contributed by atoms with van der Waals surface area (Å²) in [5.41, 5.74) is 9.48. The molecule has 0 aliphatic carbocycles. The average Bonchev–Trinajstić information content (AvgIpc) is 2.87. The second kappa shape index (κ2) is 13.3. The molecule has 0 saturated carbocycles. The van der Waals surface area contributed by atoms with Crippen LogP contribution in [-0.4, -0.2) is 43.5 Å². The number of rotatable bonds is 13. The molecule has 0 saturated heterocycles. The van der Waals surface area contributed by atoms with Gasteiger partial charge in [-0.1, -0.05) is 66.2 Å². The van der Waals surface area contributed by atoms with Gasteiger partial charge in [-0.25, -0.2) is 0 Å². The maximum atomic E-state index is 13.0. The Kier molecular flexibility index (Phi) is 9.89. The number of para-hydroxylation sites is 2. The third-order valence-corrected chi connectivity index (χ3v) is 5.94. The fourth-order valence-corrected chi connectivity index (χ4v) is 3.95. The largest absolute Gasteiger partial charge is 0.496 e. The molecule has 36 heavy (non-hydrogen) atoms. The van der Waals surface area contributed by atoms with E-state index in [9.17, 15) is 9.59 Å². The number of ether oxygens (including phenoxy) is 2. The molecule has 0 heterocycles. The summed E-state index contributed by atoms with van der Waals surface area (Å²) in [6.07, 6.45) is 0.204. The highest BCUT2D eigenvalue weighted by Crippen LogP contribution is 2.26. The SMILES string of the molecule is COc1ccccc1C(COc1ccccc1C)NCCC(=O)N(CC(N)=O)Cc1ccc(C)cc1. The van der Waals surface area contributed by atoms with Gasteiger partial charge in [0.15, 0.2) is 0 Å². The number of carbonyl (C=O) groups excluding carboxylic acids is 2. The number of primary amides is 1. The van der Waals surface area contributed by atoms with E-state index >= 15 is 0 Å². The standard InChI is InChI=1S/C29H35N3O4/c1-21-12-14-23(15-13-21)18-32(19-28(30)33)29(34)16-17-31-25(24-9-5-7-11-27(24)35-3)20-36-26-10-6-4-8-22(26)2/h4-15,25,31H,16-20H2,1-3H3,(H2,30,33). The van der Waals surface area contributed by atoms with E-state index < -0.39 is 5.91 Å². The molecule has 0 aromatic heterocycles. The molecule has 0 spiro atoms. The van der Waals surface area contributed by atoms with E-state index in [0.717, 1.165) is 33.8 Å². The van der Waals surface area contributed by atoms with Gasteiger partial charge in [0.2, 0.25) is 11.8 Å². The molecule has 0 aliphatic rings. The number of amides is 2. The van der Waals surface area contributed by atoms with E-state index in [4.69, 9.17) is 15.2 Å². The van der Waals surface area contributed by atoms with Gasteiger partial charge in [0.25, 0.3) is 0 Å². The number of carbonyl (C=O) groups is 2. The number of aryl methyl sites for hydroxylation is 2. The van der Waals surface area contributed by atoms with Crippen LogP contribution in [0.4, 0.5) is 0 Å². The molecule has 2 amide bonds. The minimum absolute atomic E-state index is 0.126. The van der Waals surface area contributed by atoms with E-state index in [2.05, 4.69) is 5.32 Å². The Morgan fingerprint density at radius 1 is 0.944 bits per heavy atom. The first-order chi connectivity index (χ1) is 17.4. The van der Waals surface area contributed by atoms with Crippen molar-refractivity contribution in [1.82, 2.24) is 10.2 Å². The molecule has 7 heteroatoms. The summed E-state index contributed by atoms with van der Waals surface area (Å²) in [5, 5.41) is 3.44. The smallest absolute Gasteiger partial charge is 0.237 e. The maximum absolute atomic E-state index is 13.0. The van der Waals surface area contributed by atoms with E-state index in [1.54, 1.807) is 7.11 Å². The van der Waals surface area contributed by atoms with Gasteiger partial charge in [-0.05, 0) is 37.1 Å². The molecule has 0 aliphatic heterocycles.